The Morgan fingerprint density at radius 3 is 2.73 bits per heavy atom. The van der Waals surface area contributed by atoms with Gasteiger partial charge in [-0.05, 0) is 44.3 Å². The van der Waals surface area contributed by atoms with Crippen LogP contribution in [0.2, 0.25) is 0 Å². The maximum Gasteiger partial charge on any atom is 0.296 e. The molecule has 0 saturated heterocycles. The summed E-state index contributed by atoms with van der Waals surface area (Å²) in [6.07, 6.45) is 2.61. The van der Waals surface area contributed by atoms with Crippen molar-refractivity contribution in [3.05, 3.63) is 66.1 Å². The molecule has 0 fully saturated rings. The third-order valence-electron chi connectivity index (χ3n) is 4.75. The molecule has 3 heterocycles. The smallest absolute Gasteiger partial charge is 0.296 e. The number of aromatic nitrogens is 2. The second-order valence-electron chi connectivity index (χ2n) is 6.66. The Labute approximate surface area is 152 Å². The zero-order valence-electron chi connectivity index (χ0n) is 14.8. The predicted octanol–water partition coefficient (Wildman–Crippen LogP) is 2.87. The molecule has 1 unspecified atom stereocenters. The Bertz CT molecular complexity index is 920. The highest BCUT2D eigenvalue weighted by atomic mass is 16.5. The van der Waals surface area contributed by atoms with Gasteiger partial charge in [-0.1, -0.05) is 29.4 Å². The number of hydrogen-bond acceptors (Lipinski definition) is 5. The van der Waals surface area contributed by atoms with Crippen molar-refractivity contribution < 1.29 is 9.32 Å². The van der Waals surface area contributed by atoms with Crippen LogP contribution in [0, 0.1) is 0 Å². The molecule has 1 aliphatic rings. The summed E-state index contributed by atoms with van der Waals surface area (Å²) in [5.41, 5.74) is 3.34. The molecular formula is C20H20N4O2. The van der Waals surface area contributed by atoms with E-state index in [1.807, 2.05) is 50.5 Å². The van der Waals surface area contributed by atoms with Gasteiger partial charge >= 0.3 is 0 Å². The van der Waals surface area contributed by atoms with Crippen molar-refractivity contribution in [2.24, 2.45) is 0 Å². The highest BCUT2D eigenvalue weighted by Gasteiger charge is 2.31. The van der Waals surface area contributed by atoms with Crippen LogP contribution in [0.15, 0.2) is 59.3 Å². The van der Waals surface area contributed by atoms with E-state index in [1.165, 1.54) is 0 Å². The number of rotatable bonds is 3. The summed E-state index contributed by atoms with van der Waals surface area (Å²) in [5, 5.41) is 4.02. The number of fused-ring (bicyclic) bond motifs is 1. The van der Waals surface area contributed by atoms with Gasteiger partial charge in [0.1, 0.15) is 5.69 Å². The van der Waals surface area contributed by atoms with Gasteiger partial charge in [-0.3, -0.25) is 9.78 Å². The van der Waals surface area contributed by atoms with E-state index in [9.17, 15) is 4.79 Å². The van der Waals surface area contributed by atoms with Crippen LogP contribution < -0.4 is 4.90 Å². The van der Waals surface area contributed by atoms with Gasteiger partial charge < -0.3 is 14.3 Å². The Morgan fingerprint density at radius 1 is 1.15 bits per heavy atom. The first-order chi connectivity index (χ1) is 12.6. The van der Waals surface area contributed by atoms with Crippen LogP contribution >= 0.6 is 0 Å². The fourth-order valence-electron chi connectivity index (χ4n) is 3.26. The van der Waals surface area contributed by atoms with Crippen LogP contribution in [-0.2, 0) is 6.42 Å². The van der Waals surface area contributed by atoms with Gasteiger partial charge in [0.2, 0.25) is 5.76 Å². The summed E-state index contributed by atoms with van der Waals surface area (Å²) >= 11 is 0. The summed E-state index contributed by atoms with van der Waals surface area (Å²) in [6.45, 7) is 0.614. The molecule has 0 spiro atoms. The van der Waals surface area contributed by atoms with Crippen molar-refractivity contribution in [1.29, 1.82) is 0 Å². The molecule has 3 aromatic rings. The van der Waals surface area contributed by atoms with Gasteiger partial charge in [0, 0.05) is 30.5 Å². The molecule has 0 saturated carbocycles. The van der Waals surface area contributed by atoms with E-state index in [4.69, 9.17) is 4.52 Å². The Kier molecular flexibility index (Phi) is 4.26. The molecule has 1 aliphatic heterocycles. The molecule has 0 bridgehead atoms. The fraction of sp³-hybridized carbons (Fsp3) is 0.250. The standard InChI is InChI=1S/C20H20N4O2/c1-23(2)15-11-14-7-3-4-9-18(14)24(13-15)20(25)19-12-17(22-26-19)16-8-5-6-10-21-16/h3-10,12,15H,11,13H2,1-2H3. The highest BCUT2D eigenvalue weighted by Crippen LogP contribution is 2.30. The van der Waals surface area contributed by atoms with Crippen LogP contribution in [0.5, 0.6) is 0 Å². The number of hydrogen-bond donors (Lipinski definition) is 0. The lowest BCUT2D eigenvalue weighted by molar-refractivity contribution is 0.0940. The van der Waals surface area contributed by atoms with Crippen molar-refractivity contribution in [3.63, 3.8) is 0 Å². The summed E-state index contributed by atoms with van der Waals surface area (Å²) in [6, 6.07) is 15.5. The quantitative estimate of drug-likeness (QED) is 0.728. The number of benzene rings is 1. The molecule has 1 atom stereocenters. The maximum atomic E-state index is 13.1. The van der Waals surface area contributed by atoms with Crippen molar-refractivity contribution in [1.82, 2.24) is 15.0 Å². The molecule has 1 amide bonds. The minimum atomic E-state index is -0.182. The lowest BCUT2D eigenvalue weighted by Crippen LogP contribution is -2.48. The number of para-hydroxylation sites is 1. The molecule has 132 valence electrons. The van der Waals surface area contributed by atoms with Crippen molar-refractivity contribution in [2.75, 3.05) is 25.5 Å². The molecule has 0 radical (unpaired) electrons. The third kappa shape index (κ3) is 2.99. The van der Waals surface area contributed by atoms with Crippen molar-refractivity contribution >= 4 is 11.6 Å². The molecule has 4 rings (SSSR count). The Balaban J connectivity index is 1.66. The van der Waals surface area contributed by atoms with Crippen molar-refractivity contribution in [2.45, 2.75) is 12.5 Å². The molecule has 6 heteroatoms. The summed E-state index contributed by atoms with van der Waals surface area (Å²) in [4.78, 5) is 21.3. The first-order valence-electron chi connectivity index (χ1n) is 8.58. The SMILES string of the molecule is CN(C)C1Cc2ccccc2N(C(=O)c2cc(-c3ccccn3)no2)C1. The second-order valence-corrected chi connectivity index (χ2v) is 6.66. The van der Waals surface area contributed by atoms with E-state index in [0.717, 1.165) is 17.7 Å². The van der Waals surface area contributed by atoms with E-state index in [-0.39, 0.29) is 17.7 Å². The van der Waals surface area contributed by atoms with Gasteiger partial charge in [0.25, 0.3) is 5.91 Å². The minimum Gasteiger partial charge on any atom is -0.350 e. The first-order valence-corrected chi connectivity index (χ1v) is 8.58. The zero-order chi connectivity index (χ0) is 18.1. The number of likely N-dealkylation sites (N-methyl/N-ethyl adjacent to an activating group) is 1. The molecule has 6 nitrogen and oxygen atoms in total. The van der Waals surface area contributed by atoms with E-state index in [2.05, 4.69) is 21.1 Å². The zero-order valence-corrected chi connectivity index (χ0v) is 14.8. The third-order valence-corrected chi connectivity index (χ3v) is 4.75. The molecule has 0 N–H and O–H groups in total. The summed E-state index contributed by atoms with van der Waals surface area (Å²) in [5.74, 6) is 0.0403. The topological polar surface area (TPSA) is 62.5 Å². The van der Waals surface area contributed by atoms with E-state index >= 15 is 0 Å². The van der Waals surface area contributed by atoms with Gasteiger partial charge in [-0.15, -0.1) is 0 Å². The van der Waals surface area contributed by atoms with Gasteiger partial charge in [0.15, 0.2) is 0 Å². The number of pyridine rings is 1. The van der Waals surface area contributed by atoms with E-state index < -0.39 is 0 Å². The number of carbonyl (C=O) groups excluding carboxylic acids is 1. The average Bonchev–Trinajstić information content (AvgIpc) is 3.17. The normalized spacial score (nSPS) is 16.6. The average molecular weight is 348 g/mol. The van der Waals surface area contributed by atoms with Crippen LogP contribution in [0.1, 0.15) is 16.1 Å². The largest absolute Gasteiger partial charge is 0.350 e. The second kappa shape index (κ2) is 6.72. The van der Waals surface area contributed by atoms with Gasteiger partial charge in [0.05, 0.1) is 5.69 Å². The van der Waals surface area contributed by atoms with Crippen LogP contribution in [-0.4, -0.2) is 47.6 Å². The van der Waals surface area contributed by atoms with Gasteiger partial charge in [-0.2, -0.15) is 0 Å². The number of amides is 1. The molecular weight excluding hydrogens is 328 g/mol. The Hall–Kier alpha value is -2.99. The van der Waals surface area contributed by atoms with Crippen LogP contribution in [0.25, 0.3) is 11.4 Å². The number of carbonyl (C=O) groups is 1. The molecule has 26 heavy (non-hydrogen) atoms. The molecule has 1 aromatic carbocycles. The summed E-state index contributed by atoms with van der Waals surface area (Å²) in [7, 11) is 4.07. The van der Waals surface area contributed by atoms with Crippen molar-refractivity contribution in [3.8, 4) is 11.4 Å². The van der Waals surface area contributed by atoms with E-state index in [1.54, 1.807) is 17.2 Å². The minimum absolute atomic E-state index is 0.182. The predicted molar refractivity (Wildman–Crippen MR) is 99.0 cm³/mol. The number of nitrogens with zero attached hydrogens (tertiary/aromatic N) is 4. The number of anilines is 1. The van der Waals surface area contributed by atoms with Crippen LogP contribution in [0.4, 0.5) is 5.69 Å². The fourth-order valence-corrected chi connectivity index (χ4v) is 3.26. The monoisotopic (exact) mass is 348 g/mol. The molecule has 2 aromatic heterocycles. The van der Waals surface area contributed by atoms with E-state index in [0.29, 0.717) is 17.9 Å². The van der Waals surface area contributed by atoms with Gasteiger partial charge in [-0.25, -0.2) is 0 Å². The summed E-state index contributed by atoms with van der Waals surface area (Å²) < 4.78 is 5.35. The first kappa shape index (κ1) is 16.5. The van der Waals surface area contributed by atoms with Crippen LogP contribution in [0.3, 0.4) is 0 Å². The highest BCUT2D eigenvalue weighted by molar-refractivity contribution is 6.05. The maximum absolute atomic E-state index is 13.1. The lowest BCUT2D eigenvalue weighted by atomic mass is 9.97. The lowest BCUT2D eigenvalue weighted by Gasteiger charge is -2.37. The molecule has 0 aliphatic carbocycles. The Morgan fingerprint density at radius 2 is 1.96 bits per heavy atom.